The van der Waals surface area contributed by atoms with Crippen LogP contribution in [0.1, 0.15) is 11.1 Å². The van der Waals surface area contributed by atoms with Gasteiger partial charge in [-0.25, -0.2) is 4.39 Å². The molecule has 1 heterocycles. The molecule has 1 saturated heterocycles. The molecule has 0 saturated carbocycles. The Morgan fingerprint density at radius 2 is 1.92 bits per heavy atom. The summed E-state index contributed by atoms with van der Waals surface area (Å²) in [5.74, 6) is -0.371. The topological polar surface area (TPSA) is 70.6 Å². The number of carbonyl (C=O) groups is 1. The van der Waals surface area contributed by atoms with Gasteiger partial charge in [0.15, 0.2) is 11.3 Å². The molecule has 1 aliphatic heterocycles. The Hall–Kier alpha value is -2.77. The van der Waals surface area contributed by atoms with Crippen LogP contribution in [-0.2, 0) is 11.4 Å². The lowest BCUT2D eigenvalue weighted by molar-refractivity contribution is -0.117. The summed E-state index contributed by atoms with van der Waals surface area (Å²) in [5, 5.41) is 15.0. The third kappa shape index (κ3) is 4.01. The van der Waals surface area contributed by atoms with Crippen molar-refractivity contribution in [2.45, 2.75) is 12.8 Å². The van der Waals surface area contributed by atoms with Crippen molar-refractivity contribution in [3.63, 3.8) is 0 Å². The molecule has 7 heteroatoms. The van der Waals surface area contributed by atoms with E-state index in [1.807, 2.05) is 0 Å². The van der Waals surface area contributed by atoms with Crippen LogP contribution in [-0.4, -0.2) is 22.4 Å². The number of nitrogens with one attached hydrogen (secondary N) is 2. The number of ether oxygens (including phenoxy) is 1. The number of hydrogen-bond acceptors (Lipinski definition) is 4. The van der Waals surface area contributed by atoms with Crippen molar-refractivity contribution in [3.05, 3.63) is 71.0 Å². The predicted octanol–water partition coefficient (Wildman–Crippen LogP) is 2.11. The smallest absolute Gasteiger partial charge is 0.257 e. The van der Waals surface area contributed by atoms with Crippen molar-refractivity contribution in [3.8, 4) is 5.75 Å². The van der Waals surface area contributed by atoms with Crippen LogP contribution in [0.25, 0.3) is 6.08 Å². The second kappa shape index (κ2) is 7.42. The van der Waals surface area contributed by atoms with Crippen LogP contribution >= 0.6 is 12.2 Å². The van der Waals surface area contributed by atoms with E-state index in [1.54, 1.807) is 42.5 Å². The normalized spacial score (nSPS) is 18.6. The maximum absolute atomic E-state index is 13.7. The van der Waals surface area contributed by atoms with Gasteiger partial charge < -0.3 is 15.2 Å². The van der Waals surface area contributed by atoms with E-state index in [4.69, 9.17) is 17.0 Å². The summed E-state index contributed by atoms with van der Waals surface area (Å²) >= 11 is 4.82. The lowest BCUT2D eigenvalue weighted by Crippen LogP contribution is -2.53. The molecule has 0 radical (unpaired) electrons. The summed E-state index contributed by atoms with van der Waals surface area (Å²) in [6.07, 6.45) is 0.298. The lowest BCUT2D eigenvalue weighted by Gasteiger charge is -2.24. The van der Waals surface area contributed by atoms with E-state index in [0.717, 1.165) is 0 Å². The summed E-state index contributed by atoms with van der Waals surface area (Å²) in [4.78, 5) is 12.0. The van der Waals surface area contributed by atoms with E-state index in [9.17, 15) is 14.3 Å². The Morgan fingerprint density at radius 3 is 2.68 bits per heavy atom. The maximum atomic E-state index is 13.7. The third-order valence-corrected chi connectivity index (χ3v) is 3.84. The molecule has 1 unspecified atom stereocenters. The van der Waals surface area contributed by atoms with Crippen molar-refractivity contribution < 1.29 is 19.0 Å². The molecule has 128 valence electrons. The molecule has 3 N–H and O–H groups in total. The van der Waals surface area contributed by atoms with Gasteiger partial charge in [-0.15, -0.1) is 0 Å². The lowest BCUT2D eigenvalue weighted by atomic mass is 10.1. The van der Waals surface area contributed by atoms with E-state index in [1.165, 1.54) is 12.1 Å². The number of hydrogen-bond donors (Lipinski definition) is 3. The van der Waals surface area contributed by atoms with E-state index in [0.29, 0.717) is 16.9 Å². The van der Waals surface area contributed by atoms with Gasteiger partial charge in [-0.05, 0) is 30.4 Å². The number of amides is 1. The van der Waals surface area contributed by atoms with Crippen LogP contribution < -0.4 is 15.4 Å². The van der Waals surface area contributed by atoms with Crippen molar-refractivity contribution in [2.75, 3.05) is 0 Å². The fourth-order valence-corrected chi connectivity index (χ4v) is 2.56. The summed E-state index contributed by atoms with van der Waals surface area (Å²) in [7, 11) is 0. The van der Waals surface area contributed by atoms with Gasteiger partial charge in [-0.2, -0.15) is 0 Å². The first-order valence-corrected chi connectivity index (χ1v) is 7.92. The maximum Gasteiger partial charge on any atom is 0.257 e. The SMILES string of the molecule is O=C1NC(=S)NC(O)/C1=C\c1ccccc1OCc1ccccc1F. The molecule has 5 nitrogen and oxygen atoms in total. The summed E-state index contributed by atoms with van der Waals surface area (Å²) in [5.41, 5.74) is 1.11. The average Bonchev–Trinajstić information content (AvgIpc) is 2.58. The van der Waals surface area contributed by atoms with Gasteiger partial charge in [0.2, 0.25) is 0 Å². The zero-order valence-corrected chi connectivity index (χ0v) is 13.8. The highest BCUT2D eigenvalue weighted by molar-refractivity contribution is 7.80. The third-order valence-electron chi connectivity index (χ3n) is 3.62. The van der Waals surface area contributed by atoms with Crippen molar-refractivity contribution in [1.82, 2.24) is 10.6 Å². The number of rotatable bonds is 4. The molecule has 3 rings (SSSR count). The minimum absolute atomic E-state index is 0.0456. The number of benzene rings is 2. The van der Waals surface area contributed by atoms with Gasteiger partial charge in [-0.3, -0.25) is 10.1 Å². The molecule has 0 spiro atoms. The van der Waals surface area contributed by atoms with Crippen molar-refractivity contribution >= 4 is 29.3 Å². The van der Waals surface area contributed by atoms with Crippen LogP contribution in [0.4, 0.5) is 4.39 Å². The van der Waals surface area contributed by atoms with Gasteiger partial charge in [0, 0.05) is 11.1 Å². The fourth-order valence-electron chi connectivity index (χ4n) is 2.35. The second-order valence-electron chi connectivity index (χ2n) is 5.35. The molecule has 2 aromatic rings. The van der Waals surface area contributed by atoms with Crippen LogP contribution in [0, 0.1) is 5.82 Å². The van der Waals surface area contributed by atoms with Gasteiger partial charge in [0.25, 0.3) is 5.91 Å². The number of thiocarbonyl (C=S) groups is 1. The van der Waals surface area contributed by atoms with Crippen LogP contribution in [0.2, 0.25) is 0 Å². The number of para-hydroxylation sites is 1. The minimum Gasteiger partial charge on any atom is -0.488 e. The Labute approximate surface area is 149 Å². The molecule has 1 amide bonds. The van der Waals surface area contributed by atoms with Crippen molar-refractivity contribution in [2.24, 2.45) is 0 Å². The Morgan fingerprint density at radius 1 is 1.20 bits per heavy atom. The standard InChI is InChI=1S/C18H15FN2O3S/c19-14-7-3-1-6-12(14)10-24-15-8-4-2-5-11(15)9-13-16(22)20-18(25)21-17(13)23/h1-9,16,22H,10H2,(H2,20,21,23,25)/b13-9+. The fraction of sp³-hybridized carbons (Fsp3) is 0.111. The van der Waals surface area contributed by atoms with E-state index in [2.05, 4.69) is 10.6 Å². The molecule has 0 aromatic heterocycles. The Balaban J connectivity index is 1.84. The zero-order valence-electron chi connectivity index (χ0n) is 13.0. The van der Waals surface area contributed by atoms with Gasteiger partial charge in [-0.1, -0.05) is 36.4 Å². The molecule has 0 aliphatic carbocycles. The number of carbonyl (C=O) groups excluding carboxylic acids is 1. The molecule has 0 bridgehead atoms. The largest absolute Gasteiger partial charge is 0.488 e. The number of halogens is 1. The van der Waals surface area contributed by atoms with E-state index in [-0.39, 0.29) is 23.1 Å². The van der Waals surface area contributed by atoms with Gasteiger partial charge in [0.05, 0.1) is 5.57 Å². The predicted molar refractivity (Wildman–Crippen MR) is 95.0 cm³/mol. The molecular weight excluding hydrogens is 343 g/mol. The average molecular weight is 358 g/mol. The Bertz CT molecular complexity index is 854. The first-order chi connectivity index (χ1) is 12.0. The molecule has 1 aliphatic rings. The van der Waals surface area contributed by atoms with Crippen LogP contribution in [0.15, 0.2) is 54.1 Å². The first-order valence-electron chi connectivity index (χ1n) is 7.51. The van der Waals surface area contributed by atoms with Crippen molar-refractivity contribution in [1.29, 1.82) is 0 Å². The molecule has 2 aromatic carbocycles. The minimum atomic E-state index is -1.21. The van der Waals surface area contributed by atoms with Crippen LogP contribution in [0.5, 0.6) is 5.75 Å². The monoisotopic (exact) mass is 358 g/mol. The highest BCUT2D eigenvalue weighted by Gasteiger charge is 2.26. The summed E-state index contributed by atoms with van der Waals surface area (Å²) < 4.78 is 19.4. The second-order valence-corrected chi connectivity index (χ2v) is 5.76. The van der Waals surface area contributed by atoms with Gasteiger partial charge >= 0.3 is 0 Å². The molecule has 25 heavy (non-hydrogen) atoms. The summed E-state index contributed by atoms with van der Waals surface area (Å²) in [6.45, 7) is 0.0456. The van der Waals surface area contributed by atoms with E-state index < -0.39 is 12.1 Å². The highest BCUT2D eigenvalue weighted by Crippen LogP contribution is 2.24. The summed E-state index contributed by atoms with van der Waals surface area (Å²) in [6, 6.07) is 13.3. The molecule has 1 atom stereocenters. The highest BCUT2D eigenvalue weighted by atomic mass is 32.1. The molecular formula is C18H15FN2O3S. The Kier molecular flexibility index (Phi) is 5.06. The van der Waals surface area contributed by atoms with Crippen LogP contribution in [0.3, 0.4) is 0 Å². The molecule has 1 fully saturated rings. The quantitative estimate of drug-likeness (QED) is 0.577. The number of aliphatic hydroxyl groups excluding tert-OH is 1. The zero-order chi connectivity index (χ0) is 17.8. The van der Waals surface area contributed by atoms with Gasteiger partial charge in [0.1, 0.15) is 18.2 Å². The first kappa shape index (κ1) is 17.1. The van der Waals surface area contributed by atoms with E-state index >= 15 is 0 Å². The number of aliphatic hydroxyl groups is 1.